The number of nitro groups is 1. The second-order valence-electron chi connectivity index (χ2n) is 3.82. The molecule has 0 spiro atoms. The van der Waals surface area contributed by atoms with Gasteiger partial charge in [-0.25, -0.2) is 0 Å². The molecule has 1 atom stereocenters. The van der Waals surface area contributed by atoms with Gasteiger partial charge in [-0.2, -0.15) is 0 Å². The van der Waals surface area contributed by atoms with Crippen molar-refractivity contribution >= 4 is 11.6 Å². The molecule has 2 N–H and O–H groups in total. The SMILES string of the molecule is Cc1cc([N+](=O)[O-])ccc1C(=O)NCC(C)O. The van der Waals surface area contributed by atoms with Gasteiger partial charge in [0, 0.05) is 24.2 Å². The summed E-state index contributed by atoms with van der Waals surface area (Å²) in [6, 6.07) is 4.03. The Kier molecular flexibility index (Phi) is 4.17. The van der Waals surface area contributed by atoms with Crippen LogP contribution in [0.4, 0.5) is 5.69 Å². The Morgan fingerprint density at radius 2 is 2.24 bits per heavy atom. The first-order valence-electron chi connectivity index (χ1n) is 5.13. The summed E-state index contributed by atoms with van der Waals surface area (Å²) < 4.78 is 0. The molecule has 0 aliphatic carbocycles. The first-order valence-corrected chi connectivity index (χ1v) is 5.13. The summed E-state index contributed by atoms with van der Waals surface area (Å²) in [6.45, 7) is 3.34. The molecule has 17 heavy (non-hydrogen) atoms. The lowest BCUT2D eigenvalue weighted by atomic mass is 10.1. The summed E-state index contributed by atoms with van der Waals surface area (Å²) in [5.41, 5.74) is 0.855. The van der Waals surface area contributed by atoms with E-state index in [1.54, 1.807) is 13.8 Å². The highest BCUT2D eigenvalue weighted by molar-refractivity contribution is 5.95. The Balaban J connectivity index is 2.85. The van der Waals surface area contributed by atoms with Crippen molar-refractivity contribution < 1.29 is 14.8 Å². The number of nitrogens with one attached hydrogen (secondary N) is 1. The van der Waals surface area contributed by atoms with Crippen LogP contribution >= 0.6 is 0 Å². The lowest BCUT2D eigenvalue weighted by Crippen LogP contribution is -2.30. The summed E-state index contributed by atoms with van der Waals surface area (Å²) in [5, 5.41) is 22.1. The average molecular weight is 238 g/mol. The number of non-ortho nitro benzene ring substituents is 1. The van der Waals surface area contributed by atoms with E-state index in [4.69, 9.17) is 5.11 Å². The highest BCUT2D eigenvalue weighted by atomic mass is 16.6. The predicted octanol–water partition coefficient (Wildman–Crippen LogP) is 1.01. The maximum absolute atomic E-state index is 11.7. The molecule has 0 aromatic heterocycles. The summed E-state index contributed by atoms with van der Waals surface area (Å²) in [7, 11) is 0. The van der Waals surface area contributed by atoms with Crippen LogP contribution in [0.2, 0.25) is 0 Å². The summed E-state index contributed by atoms with van der Waals surface area (Å²) in [5.74, 6) is -0.349. The second-order valence-corrected chi connectivity index (χ2v) is 3.82. The fraction of sp³-hybridized carbons (Fsp3) is 0.364. The van der Waals surface area contributed by atoms with E-state index in [9.17, 15) is 14.9 Å². The molecule has 1 amide bonds. The van der Waals surface area contributed by atoms with Crippen LogP contribution in [0, 0.1) is 17.0 Å². The van der Waals surface area contributed by atoms with Crippen molar-refractivity contribution in [3.63, 3.8) is 0 Å². The molecule has 6 nitrogen and oxygen atoms in total. The molecule has 6 heteroatoms. The topological polar surface area (TPSA) is 92.5 Å². The van der Waals surface area contributed by atoms with E-state index in [-0.39, 0.29) is 18.1 Å². The first-order chi connectivity index (χ1) is 7.91. The second kappa shape index (κ2) is 5.40. The van der Waals surface area contributed by atoms with E-state index in [2.05, 4.69) is 5.32 Å². The van der Waals surface area contributed by atoms with Gasteiger partial charge in [0.25, 0.3) is 11.6 Å². The Morgan fingerprint density at radius 3 is 2.71 bits per heavy atom. The molecule has 1 aromatic carbocycles. The number of rotatable bonds is 4. The molecule has 1 aromatic rings. The van der Waals surface area contributed by atoms with Crippen molar-refractivity contribution in [2.75, 3.05) is 6.54 Å². The monoisotopic (exact) mass is 238 g/mol. The Morgan fingerprint density at radius 1 is 1.59 bits per heavy atom. The number of nitrogens with zero attached hydrogens (tertiary/aromatic N) is 1. The highest BCUT2D eigenvalue weighted by Gasteiger charge is 2.13. The van der Waals surface area contributed by atoms with Crippen LogP contribution in [0.1, 0.15) is 22.8 Å². The minimum absolute atomic E-state index is 0.0467. The van der Waals surface area contributed by atoms with Crippen LogP contribution < -0.4 is 5.32 Å². The van der Waals surface area contributed by atoms with E-state index in [1.807, 2.05) is 0 Å². The molecule has 0 aliphatic heterocycles. The Bertz CT molecular complexity index is 443. The number of aliphatic hydroxyl groups is 1. The summed E-state index contributed by atoms with van der Waals surface area (Å²) in [4.78, 5) is 21.7. The van der Waals surface area contributed by atoms with Gasteiger partial charge < -0.3 is 10.4 Å². The van der Waals surface area contributed by atoms with Gasteiger partial charge in [0.05, 0.1) is 11.0 Å². The van der Waals surface area contributed by atoms with Crippen LogP contribution in [0.5, 0.6) is 0 Å². The van der Waals surface area contributed by atoms with Gasteiger partial charge in [-0.3, -0.25) is 14.9 Å². The number of benzene rings is 1. The first kappa shape index (κ1) is 13.1. The fourth-order valence-electron chi connectivity index (χ4n) is 1.35. The van der Waals surface area contributed by atoms with Crippen molar-refractivity contribution in [2.24, 2.45) is 0 Å². The Hall–Kier alpha value is -1.95. The summed E-state index contributed by atoms with van der Waals surface area (Å²) in [6.07, 6.45) is -0.627. The van der Waals surface area contributed by atoms with E-state index < -0.39 is 11.0 Å². The molecular weight excluding hydrogens is 224 g/mol. The van der Waals surface area contributed by atoms with E-state index in [0.717, 1.165) is 0 Å². The molecule has 0 bridgehead atoms. The van der Waals surface area contributed by atoms with Gasteiger partial charge in [-0.1, -0.05) is 0 Å². The van der Waals surface area contributed by atoms with Crippen LogP contribution in [-0.4, -0.2) is 28.6 Å². The van der Waals surface area contributed by atoms with Gasteiger partial charge in [0.2, 0.25) is 0 Å². The minimum atomic E-state index is -0.627. The fourth-order valence-corrected chi connectivity index (χ4v) is 1.35. The maximum atomic E-state index is 11.7. The van der Waals surface area contributed by atoms with Crippen molar-refractivity contribution in [1.82, 2.24) is 5.32 Å². The highest BCUT2D eigenvalue weighted by Crippen LogP contribution is 2.16. The van der Waals surface area contributed by atoms with Gasteiger partial charge in [0.1, 0.15) is 0 Å². The smallest absolute Gasteiger partial charge is 0.269 e. The third-order valence-corrected chi connectivity index (χ3v) is 2.22. The molecule has 1 unspecified atom stereocenters. The van der Waals surface area contributed by atoms with Gasteiger partial charge >= 0.3 is 0 Å². The lowest BCUT2D eigenvalue weighted by Gasteiger charge is -2.08. The van der Waals surface area contributed by atoms with E-state index in [1.165, 1.54) is 18.2 Å². The van der Waals surface area contributed by atoms with Gasteiger partial charge in [-0.05, 0) is 25.5 Å². The number of carbonyl (C=O) groups excluding carboxylic acids is 1. The van der Waals surface area contributed by atoms with Crippen molar-refractivity contribution in [3.8, 4) is 0 Å². The number of aliphatic hydroxyl groups excluding tert-OH is 1. The van der Waals surface area contributed by atoms with Crippen LogP contribution in [0.15, 0.2) is 18.2 Å². The van der Waals surface area contributed by atoms with Crippen molar-refractivity contribution in [3.05, 3.63) is 39.4 Å². The van der Waals surface area contributed by atoms with Crippen molar-refractivity contribution in [2.45, 2.75) is 20.0 Å². The number of hydrogen-bond acceptors (Lipinski definition) is 4. The zero-order chi connectivity index (χ0) is 13.0. The van der Waals surface area contributed by atoms with E-state index >= 15 is 0 Å². The molecule has 0 radical (unpaired) electrons. The molecule has 0 aliphatic rings. The molecule has 1 rings (SSSR count). The maximum Gasteiger partial charge on any atom is 0.269 e. The van der Waals surface area contributed by atoms with Crippen LogP contribution in [-0.2, 0) is 0 Å². The largest absolute Gasteiger partial charge is 0.392 e. The van der Waals surface area contributed by atoms with Crippen LogP contribution in [0.25, 0.3) is 0 Å². The minimum Gasteiger partial charge on any atom is -0.392 e. The summed E-state index contributed by atoms with van der Waals surface area (Å²) >= 11 is 0. The van der Waals surface area contributed by atoms with E-state index in [0.29, 0.717) is 11.1 Å². The lowest BCUT2D eigenvalue weighted by molar-refractivity contribution is -0.384. The number of hydrogen-bond donors (Lipinski definition) is 2. The number of nitro benzene ring substituents is 1. The standard InChI is InChI=1S/C11H14N2O4/c1-7-5-9(13(16)17)3-4-10(7)11(15)12-6-8(2)14/h3-5,8,14H,6H2,1-2H3,(H,12,15). The molecule has 0 heterocycles. The van der Waals surface area contributed by atoms with Gasteiger partial charge in [-0.15, -0.1) is 0 Å². The third kappa shape index (κ3) is 3.53. The zero-order valence-corrected chi connectivity index (χ0v) is 9.64. The molecule has 0 saturated heterocycles. The molecule has 0 fully saturated rings. The van der Waals surface area contributed by atoms with Crippen molar-refractivity contribution in [1.29, 1.82) is 0 Å². The molecular formula is C11H14N2O4. The molecule has 0 saturated carbocycles. The number of amides is 1. The van der Waals surface area contributed by atoms with Crippen LogP contribution in [0.3, 0.4) is 0 Å². The Labute approximate surface area is 98.4 Å². The average Bonchev–Trinajstić information content (AvgIpc) is 2.25. The normalized spacial score (nSPS) is 11.9. The molecule has 92 valence electrons. The third-order valence-electron chi connectivity index (χ3n) is 2.22. The predicted molar refractivity (Wildman–Crippen MR) is 61.8 cm³/mol. The number of carbonyl (C=O) groups is 1. The number of aryl methyl sites for hydroxylation is 1. The quantitative estimate of drug-likeness (QED) is 0.605. The van der Waals surface area contributed by atoms with Gasteiger partial charge in [0.15, 0.2) is 0 Å². The zero-order valence-electron chi connectivity index (χ0n) is 9.64.